The van der Waals surface area contributed by atoms with E-state index in [0.717, 1.165) is 12.1 Å². The maximum atomic E-state index is 13.1. The van der Waals surface area contributed by atoms with Crippen LogP contribution in [0.1, 0.15) is 11.3 Å². The maximum absolute atomic E-state index is 13.1. The molecule has 0 bridgehead atoms. The van der Waals surface area contributed by atoms with E-state index in [-0.39, 0.29) is 16.6 Å². The molecule has 0 aliphatic carbocycles. The average molecular weight is 478 g/mol. The Kier molecular flexibility index (Phi) is 6.11. The van der Waals surface area contributed by atoms with Gasteiger partial charge in [0.15, 0.2) is 5.75 Å². The summed E-state index contributed by atoms with van der Waals surface area (Å²) in [5, 5.41) is -0.544. The minimum atomic E-state index is -4.83. The number of hydrogen-bond acceptors (Lipinski definition) is 5. The van der Waals surface area contributed by atoms with E-state index in [1.54, 1.807) is 25.3 Å². The monoisotopic (exact) mass is 477 g/mol. The van der Waals surface area contributed by atoms with E-state index >= 15 is 0 Å². The van der Waals surface area contributed by atoms with Gasteiger partial charge in [-0.05, 0) is 43.3 Å². The number of nitrogens with one attached hydrogen (secondary N) is 1. The third-order valence-electron chi connectivity index (χ3n) is 3.78. The van der Waals surface area contributed by atoms with E-state index in [2.05, 4.69) is 14.7 Å². The summed E-state index contributed by atoms with van der Waals surface area (Å²) < 4.78 is 72.5. The molecule has 158 valence electrons. The molecular formula is C18H12Cl2F3N3O3S. The Hall–Kier alpha value is -2.56. The lowest BCUT2D eigenvalue weighted by atomic mass is 10.2. The molecule has 0 aliphatic heterocycles. The first-order chi connectivity index (χ1) is 14.0. The number of nitrogens with zero attached hydrogens (tertiary/aromatic N) is 2. The van der Waals surface area contributed by atoms with Crippen molar-refractivity contribution in [2.24, 2.45) is 0 Å². The fraction of sp³-hybridized carbons (Fsp3) is 0.111. The molecule has 0 aliphatic rings. The van der Waals surface area contributed by atoms with Gasteiger partial charge in [0.1, 0.15) is 5.69 Å². The highest BCUT2D eigenvalue weighted by atomic mass is 35.5. The van der Waals surface area contributed by atoms with Crippen molar-refractivity contribution in [2.75, 3.05) is 4.72 Å². The number of aryl methyl sites for hydroxylation is 1. The van der Waals surface area contributed by atoms with Crippen LogP contribution in [0.2, 0.25) is 10.0 Å². The zero-order chi connectivity index (χ0) is 22.1. The minimum absolute atomic E-state index is 0.0787. The summed E-state index contributed by atoms with van der Waals surface area (Å²) in [4.78, 5) is 7.35. The van der Waals surface area contributed by atoms with Crippen molar-refractivity contribution < 1.29 is 26.3 Å². The van der Waals surface area contributed by atoms with Gasteiger partial charge in [-0.3, -0.25) is 9.71 Å². The molecule has 12 heteroatoms. The fourth-order valence-electron chi connectivity index (χ4n) is 2.36. The molecule has 3 aromatic rings. The average Bonchev–Trinajstić information content (AvgIpc) is 2.64. The van der Waals surface area contributed by atoms with Crippen LogP contribution >= 0.6 is 23.2 Å². The van der Waals surface area contributed by atoms with Gasteiger partial charge < -0.3 is 4.74 Å². The van der Waals surface area contributed by atoms with Gasteiger partial charge in [0.25, 0.3) is 10.0 Å². The summed E-state index contributed by atoms with van der Waals surface area (Å²) in [6.45, 7) is 1.67. The highest BCUT2D eigenvalue weighted by molar-refractivity contribution is 7.92. The van der Waals surface area contributed by atoms with Crippen LogP contribution < -0.4 is 9.46 Å². The molecule has 0 atom stereocenters. The predicted molar refractivity (Wildman–Crippen MR) is 106 cm³/mol. The Morgan fingerprint density at radius 2 is 1.83 bits per heavy atom. The van der Waals surface area contributed by atoms with Crippen LogP contribution in [0, 0.1) is 6.92 Å². The van der Waals surface area contributed by atoms with Gasteiger partial charge >= 0.3 is 6.18 Å². The largest absolute Gasteiger partial charge is 0.435 e. The number of hydrogen-bond donors (Lipinski definition) is 1. The first-order valence-corrected chi connectivity index (χ1v) is 10.4. The van der Waals surface area contributed by atoms with E-state index in [0.29, 0.717) is 17.5 Å². The molecule has 2 heterocycles. The highest BCUT2D eigenvalue weighted by Gasteiger charge is 2.34. The van der Waals surface area contributed by atoms with Gasteiger partial charge in [0.05, 0.1) is 26.2 Å². The molecule has 3 rings (SSSR count). The Morgan fingerprint density at radius 1 is 1.10 bits per heavy atom. The van der Waals surface area contributed by atoms with E-state index in [1.807, 2.05) is 0 Å². The summed E-state index contributed by atoms with van der Waals surface area (Å²) in [6.07, 6.45) is -2.06. The van der Waals surface area contributed by atoms with Crippen LogP contribution in [-0.4, -0.2) is 18.4 Å². The van der Waals surface area contributed by atoms with Gasteiger partial charge in [-0.1, -0.05) is 23.2 Å². The van der Waals surface area contributed by atoms with Crippen molar-refractivity contribution in [1.82, 2.24) is 9.97 Å². The lowest BCUT2D eigenvalue weighted by Gasteiger charge is -2.15. The molecule has 0 fully saturated rings. The Balaban J connectivity index is 2.00. The lowest BCUT2D eigenvalue weighted by molar-refractivity contribution is -0.137. The standard InChI is InChI=1S/C18H12Cl2F3N3O3S/c1-10-16(3-2-6-24-10)29-17-15(7-11(19)9-25-17)26-30(27,28)12-4-5-14(20)13(8-12)18(21,22)23/h2-9,26H,1H3. The number of pyridine rings is 2. The van der Waals surface area contributed by atoms with Crippen molar-refractivity contribution in [3.8, 4) is 11.6 Å². The van der Waals surface area contributed by atoms with Gasteiger partial charge in [-0.15, -0.1) is 0 Å². The number of sulfonamides is 1. The molecule has 0 saturated heterocycles. The number of ether oxygens (including phenoxy) is 1. The molecule has 0 saturated carbocycles. The number of alkyl halides is 3. The van der Waals surface area contributed by atoms with Crippen molar-refractivity contribution >= 4 is 38.9 Å². The van der Waals surface area contributed by atoms with Gasteiger partial charge in [0.2, 0.25) is 5.88 Å². The number of rotatable bonds is 5. The number of benzene rings is 1. The van der Waals surface area contributed by atoms with E-state index in [1.165, 1.54) is 12.3 Å². The van der Waals surface area contributed by atoms with Crippen LogP contribution in [-0.2, 0) is 16.2 Å². The van der Waals surface area contributed by atoms with Crippen LogP contribution in [0.4, 0.5) is 18.9 Å². The summed E-state index contributed by atoms with van der Waals surface area (Å²) in [7, 11) is -4.46. The topological polar surface area (TPSA) is 81.2 Å². The van der Waals surface area contributed by atoms with E-state index < -0.39 is 31.7 Å². The highest BCUT2D eigenvalue weighted by Crippen LogP contribution is 2.37. The third kappa shape index (κ3) is 4.94. The Labute approximate surface area is 179 Å². The summed E-state index contributed by atoms with van der Waals surface area (Å²) in [6, 6.07) is 6.65. The van der Waals surface area contributed by atoms with Gasteiger partial charge in [-0.2, -0.15) is 13.2 Å². The minimum Gasteiger partial charge on any atom is -0.435 e. The van der Waals surface area contributed by atoms with Crippen molar-refractivity contribution in [3.05, 3.63) is 70.1 Å². The number of anilines is 1. The van der Waals surface area contributed by atoms with Crippen LogP contribution in [0.5, 0.6) is 11.6 Å². The summed E-state index contributed by atoms with van der Waals surface area (Å²) in [5.74, 6) is 0.141. The molecular weight excluding hydrogens is 466 g/mol. The van der Waals surface area contributed by atoms with Gasteiger partial charge in [0, 0.05) is 12.4 Å². The van der Waals surface area contributed by atoms with Crippen LogP contribution in [0.15, 0.2) is 53.7 Å². The number of aromatic nitrogens is 2. The molecule has 0 amide bonds. The summed E-state index contributed by atoms with van der Waals surface area (Å²) >= 11 is 11.5. The smallest absolute Gasteiger partial charge is 0.417 e. The molecule has 30 heavy (non-hydrogen) atoms. The van der Waals surface area contributed by atoms with Crippen molar-refractivity contribution in [2.45, 2.75) is 18.0 Å². The number of halogens is 5. The molecule has 0 unspecified atom stereocenters. The summed E-state index contributed by atoms with van der Waals surface area (Å²) in [5.41, 5.74) is -0.941. The SMILES string of the molecule is Cc1ncccc1Oc1ncc(Cl)cc1NS(=O)(=O)c1ccc(Cl)c(C(F)(F)F)c1. The Morgan fingerprint density at radius 3 is 2.50 bits per heavy atom. The normalized spacial score (nSPS) is 11.9. The lowest BCUT2D eigenvalue weighted by Crippen LogP contribution is -2.16. The predicted octanol–water partition coefficient (Wildman–Crippen LogP) is 5.70. The molecule has 0 spiro atoms. The second-order valence-electron chi connectivity index (χ2n) is 5.94. The third-order valence-corrected chi connectivity index (χ3v) is 5.68. The van der Waals surface area contributed by atoms with Crippen molar-refractivity contribution in [1.29, 1.82) is 0 Å². The first-order valence-electron chi connectivity index (χ1n) is 8.12. The van der Waals surface area contributed by atoms with Crippen molar-refractivity contribution in [3.63, 3.8) is 0 Å². The fourth-order valence-corrected chi connectivity index (χ4v) is 3.81. The molecule has 6 nitrogen and oxygen atoms in total. The zero-order valence-corrected chi connectivity index (χ0v) is 17.4. The van der Waals surface area contributed by atoms with Gasteiger partial charge in [-0.25, -0.2) is 13.4 Å². The second kappa shape index (κ2) is 8.29. The first kappa shape index (κ1) is 22.1. The quantitative estimate of drug-likeness (QED) is 0.509. The maximum Gasteiger partial charge on any atom is 0.417 e. The van der Waals surface area contributed by atoms with E-state index in [4.69, 9.17) is 27.9 Å². The molecule has 1 N–H and O–H groups in total. The zero-order valence-electron chi connectivity index (χ0n) is 15.0. The Bertz CT molecular complexity index is 1200. The van der Waals surface area contributed by atoms with E-state index in [9.17, 15) is 21.6 Å². The molecule has 1 aromatic carbocycles. The van der Waals surface area contributed by atoms with Crippen LogP contribution in [0.25, 0.3) is 0 Å². The second-order valence-corrected chi connectivity index (χ2v) is 8.47. The molecule has 2 aromatic heterocycles. The van der Waals surface area contributed by atoms with Crippen LogP contribution in [0.3, 0.4) is 0 Å². The molecule has 0 radical (unpaired) electrons.